The van der Waals surface area contributed by atoms with Crippen molar-refractivity contribution in [2.24, 2.45) is 16.7 Å². The van der Waals surface area contributed by atoms with Crippen molar-refractivity contribution in [1.29, 1.82) is 0 Å². The normalized spacial score (nSPS) is 11.7. The summed E-state index contributed by atoms with van der Waals surface area (Å²) in [5.74, 6) is 7.29. The molecule has 0 amide bonds. The van der Waals surface area contributed by atoms with Gasteiger partial charge in [-0.25, -0.2) is 26.3 Å². The van der Waals surface area contributed by atoms with Gasteiger partial charge in [-0.1, -0.05) is 37.3 Å². The Hall–Kier alpha value is -4.76. The highest BCUT2D eigenvalue weighted by Crippen LogP contribution is 2.33. The fourth-order valence-electron chi connectivity index (χ4n) is 4.93. The number of pyridine rings is 2. The molecular weight excluding hydrogens is 488 g/mol. The molecule has 0 atom stereocenters. The zero-order valence-electron chi connectivity index (χ0n) is 22.6. The largest absolute Gasteiger partial charge is 0.481 e. The van der Waals surface area contributed by atoms with Gasteiger partial charge >= 0.3 is 0 Å². The number of benzene rings is 2. The Bertz CT molecular complexity index is 1670. The van der Waals surface area contributed by atoms with Crippen molar-refractivity contribution < 1.29 is 4.74 Å². The van der Waals surface area contributed by atoms with E-state index in [1.807, 2.05) is 31.2 Å². The number of aromatic nitrogens is 4. The second-order valence-corrected chi connectivity index (χ2v) is 9.36. The molecule has 39 heavy (non-hydrogen) atoms. The highest BCUT2D eigenvalue weighted by atomic mass is 16.5. The fourth-order valence-corrected chi connectivity index (χ4v) is 4.93. The maximum atomic E-state index is 6.27. The molecule has 0 aliphatic rings. The summed E-state index contributed by atoms with van der Waals surface area (Å²) in [6, 6.07) is 20.3. The van der Waals surface area contributed by atoms with Gasteiger partial charge in [0.15, 0.2) is 11.5 Å². The van der Waals surface area contributed by atoms with Crippen molar-refractivity contribution in [3.63, 3.8) is 0 Å². The molecule has 0 radical (unpaired) electrons. The molecule has 198 valence electrons. The third-order valence-corrected chi connectivity index (χ3v) is 6.78. The molecule has 9 heteroatoms. The van der Waals surface area contributed by atoms with Crippen LogP contribution in [0.3, 0.4) is 0 Å². The lowest BCUT2D eigenvalue weighted by atomic mass is 9.93. The molecule has 3 heterocycles. The molecule has 0 saturated heterocycles. The molecule has 5 N–H and O–H groups in total. The van der Waals surface area contributed by atoms with Crippen LogP contribution >= 0.6 is 0 Å². The monoisotopic (exact) mass is 520 g/mol. The van der Waals surface area contributed by atoms with Gasteiger partial charge in [0.1, 0.15) is 11.3 Å². The molecule has 0 saturated carbocycles. The molecule has 0 fully saturated rings. The maximum absolute atomic E-state index is 6.27. The topological polar surface area (TPSA) is 129 Å². The van der Waals surface area contributed by atoms with Gasteiger partial charge in [-0.15, -0.1) is 5.10 Å². The Balaban J connectivity index is 1.56. The Kier molecular flexibility index (Phi) is 7.25. The average Bonchev–Trinajstić information content (AvgIpc) is 3.30. The van der Waals surface area contributed by atoms with Crippen LogP contribution in [0.15, 0.2) is 72.0 Å². The highest BCUT2D eigenvalue weighted by Gasteiger charge is 2.16. The predicted molar refractivity (Wildman–Crippen MR) is 155 cm³/mol. The number of hydrazone groups is 1. The summed E-state index contributed by atoms with van der Waals surface area (Å²) in [7, 11) is 1.61. The molecule has 0 bridgehead atoms. The van der Waals surface area contributed by atoms with Gasteiger partial charge in [0.05, 0.1) is 13.7 Å². The predicted octanol–water partition coefficient (Wildman–Crippen LogP) is 4.48. The Morgan fingerprint density at radius 3 is 2.49 bits per heavy atom. The van der Waals surface area contributed by atoms with Gasteiger partial charge in [0.25, 0.3) is 0 Å². The molecule has 0 spiro atoms. The zero-order chi connectivity index (χ0) is 27.5. The van der Waals surface area contributed by atoms with E-state index in [1.54, 1.807) is 13.3 Å². The number of ether oxygens (including phenoxy) is 1. The number of aryl methyl sites for hydroxylation is 3. The number of nitrogens with zero attached hydrogens (tertiary/aromatic N) is 5. The Morgan fingerprint density at radius 1 is 1.00 bits per heavy atom. The van der Waals surface area contributed by atoms with E-state index < -0.39 is 0 Å². The minimum atomic E-state index is 0.288. The van der Waals surface area contributed by atoms with Gasteiger partial charge in [-0.05, 0) is 72.0 Å². The Morgan fingerprint density at radius 2 is 1.77 bits per heavy atom. The van der Waals surface area contributed by atoms with Crippen LogP contribution in [0.25, 0.3) is 33.4 Å². The molecule has 2 aromatic carbocycles. The van der Waals surface area contributed by atoms with Crippen LogP contribution < -0.4 is 21.8 Å². The number of nitrogens with one attached hydrogen (secondary N) is 1. The van der Waals surface area contributed by atoms with Crippen LogP contribution in [0.2, 0.25) is 0 Å². The first kappa shape index (κ1) is 25.9. The van der Waals surface area contributed by atoms with E-state index in [0.29, 0.717) is 12.4 Å². The molecule has 9 nitrogen and oxygen atoms in total. The zero-order valence-corrected chi connectivity index (χ0v) is 22.6. The second-order valence-electron chi connectivity index (χ2n) is 9.36. The first-order valence-corrected chi connectivity index (χ1v) is 12.8. The first-order chi connectivity index (χ1) is 18.9. The van der Waals surface area contributed by atoms with E-state index >= 15 is 0 Å². The fraction of sp³-hybridized carbons (Fsp3) is 0.200. The van der Waals surface area contributed by atoms with Crippen LogP contribution in [-0.4, -0.2) is 32.5 Å². The number of imidazole rings is 1. The average molecular weight is 521 g/mol. The lowest BCUT2D eigenvalue weighted by molar-refractivity contribution is 0.399. The van der Waals surface area contributed by atoms with Crippen molar-refractivity contribution in [1.82, 2.24) is 25.1 Å². The second kappa shape index (κ2) is 10.9. The van der Waals surface area contributed by atoms with Crippen molar-refractivity contribution in [2.45, 2.75) is 33.7 Å². The van der Waals surface area contributed by atoms with E-state index in [1.165, 1.54) is 0 Å². The van der Waals surface area contributed by atoms with E-state index in [4.69, 9.17) is 26.3 Å². The molecule has 3 aromatic heterocycles. The van der Waals surface area contributed by atoms with Crippen LogP contribution in [0.5, 0.6) is 5.88 Å². The van der Waals surface area contributed by atoms with E-state index in [9.17, 15) is 0 Å². The third-order valence-electron chi connectivity index (χ3n) is 6.78. The van der Waals surface area contributed by atoms with Crippen LogP contribution in [-0.2, 0) is 13.0 Å². The van der Waals surface area contributed by atoms with Gasteiger partial charge in [0, 0.05) is 29.4 Å². The number of hydrazine groups is 1. The number of fused-ring (bicyclic) bond motifs is 1. The number of hydrogen-bond acceptors (Lipinski definition) is 7. The SMILES string of the molecule is CCc1nc2c(C)cc(C)nc2n1Cc1ccc(-c2cc(-c3cccnc3OC)ccc2/C(N)=N/NN)cc1. The summed E-state index contributed by atoms with van der Waals surface area (Å²) in [5, 5.41) is 4.01. The number of hydrogen-bond donors (Lipinski definition) is 3. The minimum absolute atomic E-state index is 0.288. The van der Waals surface area contributed by atoms with E-state index in [0.717, 1.165) is 68.0 Å². The minimum Gasteiger partial charge on any atom is -0.481 e. The summed E-state index contributed by atoms with van der Waals surface area (Å²) in [6.07, 6.45) is 2.54. The smallest absolute Gasteiger partial charge is 0.221 e. The summed E-state index contributed by atoms with van der Waals surface area (Å²) in [6.45, 7) is 6.91. The highest BCUT2D eigenvalue weighted by molar-refractivity contribution is 6.04. The summed E-state index contributed by atoms with van der Waals surface area (Å²) >= 11 is 0. The molecule has 5 rings (SSSR count). The summed E-state index contributed by atoms with van der Waals surface area (Å²) < 4.78 is 7.70. The molecule has 0 aliphatic carbocycles. The van der Waals surface area contributed by atoms with Crippen molar-refractivity contribution in [3.8, 4) is 28.1 Å². The summed E-state index contributed by atoms with van der Waals surface area (Å²) in [5.41, 5.74) is 18.2. The molecular formula is C30H32N8O. The number of rotatable bonds is 8. The van der Waals surface area contributed by atoms with Crippen LogP contribution in [0.1, 0.15) is 35.1 Å². The third kappa shape index (κ3) is 5.04. The molecule has 5 aromatic rings. The van der Waals surface area contributed by atoms with Gasteiger partial charge < -0.3 is 15.0 Å². The van der Waals surface area contributed by atoms with E-state index in [-0.39, 0.29) is 5.84 Å². The molecule has 0 aliphatic heterocycles. The van der Waals surface area contributed by atoms with E-state index in [2.05, 4.69) is 70.4 Å². The van der Waals surface area contributed by atoms with Gasteiger partial charge in [-0.3, -0.25) is 0 Å². The van der Waals surface area contributed by atoms with Crippen molar-refractivity contribution >= 4 is 17.0 Å². The lowest BCUT2D eigenvalue weighted by Gasteiger charge is -2.14. The first-order valence-electron chi connectivity index (χ1n) is 12.8. The van der Waals surface area contributed by atoms with Crippen LogP contribution in [0.4, 0.5) is 0 Å². The van der Waals surface area contributed by atoms with Gasteiger partial charge in [-0.2, -0.15) is 0 Å². The van der Waals surface area contributed by atoms with Crippen molar-refractivity contribution in [3.05, 3.63) is 95.1 Å². The maximum Gasteiger partial charge on any atom is 0.221 e. The van der Waals surface area contributed by atoms with Crippen molar-refractivity contribution in [2.75, 3.05) is 7.11 Å². The standard InChI is InChI=1S/C30H32N8O/c1-5-26-35-27-18(2)15-19(3)34-29(27)38(26)17-20-8-10-21(11-9-20)25-16-22(12-13-24(25)28(31)36-37-32)23-7-6-14-33-30(23)39-4/h6-16,37H,5,17,32H2,1-4H3,(H2,31,36). The molecule has 0 unspecified atom stereocenters. The number of methoxy groups -OCH3 is 1. The number of amidine groups is 1. The summed E-state index contributed by atoms with van der Waals surface area (Å²) in [4.78, 5) is 14.0. The van der Waals surface area contributed by atoms with Crippen LogP contribution in [0, 0.1) is 13.8 Å². The lowest BCUT2D eigenvalue weighted by Crippen LogP contribution is -2.23. The number of nitrogens with two attached hydrogens (primary N) is 2. The quantitative estimate of drug-likeness (QED) is 0.119. The van der Waals surface area contributed by atoms with Gasteiger partial charge in [0.2, 0.25) is 5.88 Å². The Labute approximate surface area is 227 Å².